The van der Waals surface area contributed by atoms with Gasteiger partial charge in [-0.25, -0.2) is 9.78 Å². The van der Waals surface area contributed by atoms with Gasteiger partial charge in [0.05, 0.1) is 7.11 Å². The van der Waals surface area contributed by atoms with Gasteiger partial charge in [-0.2, -0.15) is 0 Å². The van der Waals surface area contributed by atoms with Crippen LogP contribution in [0.1, 0.15) is 34.1 Å². The summed E-state index contributed by atoms with van der Waals surface area (Å²) in [4.78, 5) is 15.2. The van der Waals surface area contributed by atoms with E-state index in [0.717, 1.165) is 23.2 Å². The number of hydrogen-bond acceptors (Lipinski definition) is 3. The van der Waals surface area contributed by atoms with Crippen LogP contribution in [0.2, 0.25) is 0 Å². The van der Waals surface area contributed by atoms with Crippen molar-refractivity contribution in [2.45, 2.75) is 27.2 Å². The van der Waals surface area contributed by atoms with E-state index >= 15 is 0 Å². The second kappa shape index (κ2) is 4.29. The van der Waals surface area contributed by atoms with E-state index in [1.165, 1.54) is 7.11 Å². The Labute approximate surface area is 88.9 Å². The van der Waals surface area contributed by atoms with Gasteiger partial charge in [0.25, 0.3) is 0 Å². The molecule has 1 rings (SSSR count). The summed E-state index contributed by atoms with van der Waals surface area (Å²) < 4.78 is 4.99. The number of carboxylic acid groups (broad SMARTS) is 1. The average molecular weight is 209 g/mol. The zero-order valence-electron chi connectivity index (χ0n) is 9.42. The highest BCUT2D eigenvalue weighted by molar-refractivity contribution is 5.92. The van der Waals surface area contributed by atoms with Crippen molar-refractivity contribution >= 4 is 5.97 Å². The van der Waals surface area contributed by atoms with Crippen LogP contribution in [0.25, 0.3) is 0 Å². The topological polar surface area (TPSA) is 59.4 Å². The highest BCUT2D eigenvalue weighted by atomic mass is 16.5. The highest BCUT2D eigenvalue weighted by Gasteiger charge is 2.19. The number of aromatic nitrogens is 1. The van der Waals surface area contributed by atoms with Crippen LogP contribution in [0.3, 0.4) is 0 Å². The van der Waals surface area contributed by atoms with Crippen LogP contribution in [-0.4, -0.2) is 23.2 Å². The molecular weight excluding hydrogens is 194 g/mol. The van der Waals surface area contributed by atoms with E-state index in [1.54, 1.807) is 6.92 Å². The maximum Gasteiger partial charge on any atom is 0.341 e. The molecule has 0 spiro atoms. The number of carbonyl (C=O) groups is 1. The Kier molecular flexibility index (Phi) is 3.29. The Morgan fingerprint density at radius 2 is 2.00 bits per heavy atom. The zero-order valence-corrected chi connectivity index (χ0v) is 9.42. The van der Waals surface area contributed by atoms with Gasteiger partial charge in [-0.15, -0.1) is 0 Å². The molecule has 1 heterocycles. The lowest BCUT2D eigenvalue weighted by Gasteiger charge is -2.12. The summed E-state index contributed by atoms with van der Waals surface area (Å²) in [5.41, 5.74) is 2.70. The van der Waals surface area contributed by atoms with Gasteiger partial charge in [-0.3, -0.25) is 0 Å². The van der Waals surface area contributed by atoms with Crippen molar-refractivity contribution in [3.63, 3.8) is 0 Å². The minimum absolute atomic E-state index is 0.159. The number of aromatic carboxylic acids is 1. The van der Waals surface area contributed by atoms with Crippen molar-refractivity contribution in [1.82, 2.24) is 4.98 Å². The van der Waals surface area contributed by atoms with Crippen molar-refractivity contribution in [3.8, 4) is 5.88 Å². The van der Waals surface area contributed by atoms with Gasteiger partial charge in [0.2, 0.25) is 5.88 Å². The zero-order chi connectivity index (χ0) is 11.6. The third-order valence-electron chi connectivity index (χ3n) is 2.56. The molecule has 1 aromatic heterocycles. The molecule has 0 aliphatic rings. The van der Waals surface area contributed by atoms with Crippen molar-refractivity contribution in [2.75, 3.05) is 7.11 Å². The minimum atomic E-state index is -0.998. The molecule has 0 fully saturated rings. The van der Waals surface area contributed by atoms with Crippen molar-refractivity contribution in [2.24, 2.45) is 0 Å². The van der Waals surface area contributed by atoms with E-state index in [1.807, 2.05) is 13.8 Å². The number of carboxylic acids is 1. The number of methoxy groups -OCH3 is 1. The molecule has 0 aliphatic carbocycles. The third-order valence-corrected chi connectivity index (χ3v) is 2.56. The van der Waals surface area contributed by atoms with Gasteiger partial charge in [-0.1, -0.05) is 6.92 Å². The quantitative estimate of drug-likeness (QED) is 0.826. The van der Waals surface area contributed by atoms with Gasteiger partial charge in [0.1, 0.15) is 5.56 Å². The fourth-order valence-corrected chi connectivity index (χ4v) is 1.57. The number of aryl methyl sites for hydroxylation is 1. The fraction of sp³-hybridized carbons (Fsp3) is 0.455. The van der Waals surface area contributed by atoms with Crippen LogP contribution in [0.4, 0.5) is 0 Å². The lowest BCUT2D eigenvalue weighted by atomic mass is 10.0. The first-order chi connectivity index (χ1) is 7.02. The number of pyridine rings is 1. The molecule has 0 aliphatic heterocycles. The largest absolute Gasteiger partial charge is 0.480 e. The molecule has 0 unspecified atom stereocenters. The molecule has 4 nitrogen and oxygen atoms in total. The fourth-order valence-electron chi connectivity index (χ4n) is 1.57. The number of rotatable bonds is 3. The Balaban J connectivity index is 3.51. The Hall–Kier alpha value is -1.58. The van der Waals surface area contributed by atoms with E-state index < -0.39 is 5.97 Å². The summed E-state index contributed by atoms with van der Waals surface area (Å²) in [5.74, 6) is -0.801. The average Bonchev–Trinajstić information content (AvgIpc) is 2.20. The number of hydrogen-bond donors (Lipinski definition) is 1. The molecule has 0 saturated heterocycles. The Morgan fingerprint density at radius 1 is 1.40 bits per heavy atom. The van der Waals surface area contributed by atoms with Crippen molar-refractivity contribution in [3.05, 3.63) is 22.4 Å². The molecule has 1 N–H and O–H groups in total. The minimum Gasteiger partial charge on any atom is -0.480 e. The second-order valence-electron chi connectivity index (χ2n) is 3.35. The van der Waals surface area contributed by atoms with Gasteiger partial charge in [0, 0.05) is 5.69 Å². The normalized spacial score (nSPS) is 10.1. The molecule has 0 radical (unpaired) electrons. The maximum absolute atomic E-state index is 11.0. The molecule has 4 heteroatoms. The van der Waals surface area contributed by atoms with Crippen molar-refractivity contribution < 1.29 is 14.6 Å². The van der Waals surface area contributed by atoms with Crippen LogP contribution in [-0.2, 0) is 6.42 Å². The summed E-state index contributed by atoms with van der Waals surface area (Å²) >= 11 is 0. The van der Waals surface area contributed by atoms with Crippen molar-refractivity contribution in [1.29, 1.82) is 0 Å². The highest BCUT2D eigenvalue weighted by Crippen LogP contribution is 2.24. The first-order valence-corrected chi connectivity index (χ1v) is 4.80. The Bertz CT molecular complexity index is 399. The summed E-state index contributed by atoms with van der Waals surface area (Å²) in [6, 6.07) is 0. The van der Waals surface area contributed by atoms with Gasteiger partial charge < -0.3 is 9.84 Å². The SMILES string of the molecule is CCc1nc(OC)c(C(=O)O)c(C)c1C. The van der Waals surface area contributed by atoms with Crippen LogP contribution >= 0.6 is 0 Å². The van der Waals surface area contributed by atoms with Crippen LogP contribution in [0.5, 0.6) is 5.88 Å². The third kappa shape index (κ3) is 1.93. The van der Waals surface area contributed by atoms with Gasteiger partial charge in [0.15, 0.2) is 0 Å². The summed E-state index contributed by atoms with van der Waals surface area (Å²) in [6.07, 6.45) is 0.767. The van der Waals surface area contributed by atoms with Crippen LogP contribution in [0.15, 0.2) is 0 Å². The second-order valence-corrected chi connectivity index (χ2v) is 3.35. The summed E-state index contributed by atoms with van der Waals surface area (Å²) in [7, 11) is 1.43. The van der Waals surface area contributed by atoms with Gasteiger partial charge >= 0.3 is 5.97 Å². The number of ether oxygens (including phenoxy) is 1. The lowest BCUT2D eigenvalue weighted by molar-refractivity contribution is 0.0691. The Morgan fingerprint density at radius 3 is 2.40 bits per heavy atom. The van der Waals surface area contributed by atoms with E-state index in [-0.39, 0.29) is 11.4 Å². The molecule has 0 bridgehead atoms. The smallest absolute Gasteiger partial charge is 0.341 e. The first kappa shape index (κ1) is 11.5. The maximum atomic E-state index is 11.0. The molecule has 0 saturated carbocycles. The predicted octanol–water partition coefficient (Wildman–Crippen LogP) is 1.97. The molecule has 1 aromatic rings. The van der Waals surface area contributed by atoms with Gasteiger partial charge in [-0.05, 0) is 31.4 Å². The summed E-state index contributed by atoms with van der Waals surface area (Å²) in [5, 5.41) is 9.05. The number of nitrogens with zero attached hydrogens (tertiary/aromatic N) is 1. The van der Waals surface area contributed by atoms with Crippen LogP contribution < -0.4 is 4.74 Å². The predicted molar refractivity (Wildman–Crippen MR) is 56.6 cm³/mol. The lowest BCUT2D eigenvalue weighted by Crippen LogP contribution is -2.09. The standard InChI is InChI=1S/C11H15NO3/c1-5-8-6(2)7(3)9(11(13)14)10(12-8)15-4/h5H2,1-4H3,(H,13,14). The first-order valence-electron chi connectivity index (χ1n) is 4.80. The molecule has 15 heavy (non-hydrogen) atoms. The molecule has 0 atom stereocenters. The monoisotopic (exact) mass is 209 g/mol. The van der Waals surface area contributed by atoms with Crippen LogP contribution in [0, 0.1) is 13.8 Å². The molecule has 0 amide bonds. The summed E-state index contributed by atoms with van der Waals surface area (Å²) in [6.45, 7) is 5.64. The van der Waals surface area contributed by atoms with E-state index in [0.29, 0.717) is 0 Å². The molecule has 0 aromatic carbocycles. The molecular formula is C11H15NO3. The molecule has 82 valence electrons. The van der Waals surface area contributed by atoms with E-state index in [4.69, 9.17) is 9.84 Å². The van der Waals surface area contributed by atoms with E-state index in [2.05, 4.69) is 4.98 Å². The van der Waals surface area contributed by atoms with E-state index in [9.17, 15) is 4.79 Å².